The molecule has 0 aromatic heterocycles. The first kappa shape index (κ1) is 17.7. The first-order chi connectivity index (χ1) is 12.3. The van der Waals surface area contributed by atoms with E-state index in [1.54, 1.807) is 19.9 Å². The molecule has 1 atom stereocenters. The third kappa shape index (κ3) is 3.60. The number of aliphatic hydroxyl groups is 1. The lowest BCUT2D eigenvalue weighted by atomic mass is 10.0. The molecule has 1 N–H and O–H groups in total. The number of fused-ring (bicyclic) bond motifs is 3. The fraction of sp³-hybridized carbons (Fsp3) is 0.136. The molecule has 0 bridgehead atoms. The predicted molar refractivity (Wildman–Crippen MR) is 103 cm³/mol. The second kappa shape index (κ2) is 7.02. The summed E-state index contributed by atoms with van der Waals surface area (Å²) < 4.78 is 10.8. The van der Waals surface area contributed by atoms with Gasteiger partial charge >= 0.3 is 5.97 Å². The monoisotopic (exact) mass is 348 g/mol. The van der Waals surface area contributed by atoms with Crippen molar-refractivity contribution in [2.75, 3.05) is 0 Å². The number of aliphatic hydroxyl groups excluding tert-OH is 1. The molecule has 0 aliphatic rings. The van der Waals surface area contributed by atoms with E-state index >= 15 is 0 Å². The zero-order chi connectivity index (χ0) is 18.8. The van der Waals surface area contributed by atoms with E-state index in [2.05, 4.69) is 13.2 Å². The Labute approximate surface area is 152 Å². The average molecular weight is 348 g/mol. The summed E-state index contributed by atoms with van der Waals surface area (Å²) in [7, 11) is 0. The number of benzene rings is 3. The van der Waals surface area contributed by atoms with Crippen molar-refractivity contribution in [3.05, 3.63) is 72.8 Å². The Balaban J connectivity index is 1.97. The SMILES string of the molecule is C=C(C)C(=O)Oc1ccc2c(ccc3cc(OC(O)C(=C)C)ccc32)c1. The zero-order valence-corrected chi connectivity index (χ0v) is 14.8. The molecule has 26 heavy (non-hydrogen) atoms. The van der Waals surface area contributed by atoms with Crippen LogP contribution in [0.25, 0.3) is 21.5 Å². The highest BCUT2D eigenvalue weighted by Crippen LogP contribution is 2.31. The lowest BCUT2D eigenvalue weighted by Crippen LogP contribution is -2.15. The fourth-order valence-electron chi connectivity index (χ4n) is 2.59. The van der Waals surface area contributed by atoms with E-state index in [1.807, 2.05) is 42.5 Å². The number of rotatable bonds is 5. The normalized spacial score (nSPS) is 12.0. The smallest absolute Gasteiger partial charge is 0.338 e. The Hall–Kier alpha value is -3.11. The number of esters is 1. The second-order valence-corrected chi connectivity index (χ2v) is 6.32. The topological polar surface area (TPSA) is 55.8 Å². The molecule has 0 heterocycles. The van der Waals surface area contributed by atoms with E-state index < -0.39 is 12.3 Å². The minimum absolute atomic E-state index is 0.355. The Morgan fingerprint density at radius 1 is 0.923 bits per heavy atom. The zero-order valence-electron chi connectivity index (χ0n) is 14.8. The summed E-state index contributed by atoms with van der Waals surface area (Å²) in [6.45, 7) is 10.6. The van der Waals surface area contributed by atoms with Crippen molar-refractivity contribution in [1.82, 2.24) is 0 Å². The van der Waals surface area contributed by atoms with Crippen LogP contribution in [0.1, 0.15) is 13.8 Å². The van der Waals surface area contributed by atoms with Crippen molar-refractivity contribution in [2.45, 2.75) is 20.1 Å². The summed E-state index contributed by atoms with van der Waals surface area (Å²) in [5.74, 6) is 0.608. The Morgan fingerprint density at radius 3 is 2.00 bits per heavy atom. The van der Waals surface area contributed by atoms with Gasteiger partial charge in [0, 0.05) is 5.57 Å². The van der Waals surface area contributed by atoms with E-state index in [0.29, 0.717) is 22.6 Å². The molecule has 0 fully saturated rings. The van der Waals surface area contributed by atoms with Crippen LogP contribution in [0, 0.1) is 0 Å². The average Bonchev–Trinajstić information content (AvgIpc) is 2.61. The van der Waals surface area contributed by atoms with Gasteiger partial charge in [-0.05, 0) is 65.2 Å². The van der Waals surface area contributed by atoms with Gasteiger partial charge in [-0.3, -0.25) is 0 Å². The summed E-state index contributed by atoms with van der Waals surface area (Å²) >= 11 is 0. The van der Waals surface area contributed by atoms with Gasteiger partial charge in [0.1, 0.15) is 11.5 Å². The Bertz CT molecular complexity index is 1030. The van der Waals surface area contributed by atoms with Crippen LogP contribution in [0.4, 0.5) is 0 Å². The molecular weight excluding hydrogens is 328 g/mol. The molecule has 0 aliphatic carbocycles. The van der Waals surface area contributed by atoms with Crippen LogP contribution in [0.3, 0.4) is 0 Å². The highest BCUT2D eigenvalue weighted by molar-refractivity contribution is 6.08. The summed E-state index contributed by atoms with van der Waals surface area (Å²) in [5.41, 5.74) is 0.897. The minimum Gasteiger partial charge on any atom is -0.461 e. The summed E-state index contributed by atoms with van der Waals surface area (Å²) in [5, 5.41) is 13.8. The third-order valence-electron chi connectivity index (χ3n) is 4.01. The van der Waals surface area contributed by atoms with Crippen LogP contribution in [0.2, 0.25) is 0 Å². The van der Waals surface area contributed by atoms with Crippen molar-refractivity contribution in [3.63, 3.8) is 0 Å². The van der Waals surface area contributed by atoms with E-state index in [1.165, 1.54) is 0 Å². The van der Waals surface area contributed by atoms with Crippen LogP contribution in [0.5, 0.6) is 11.5 Å². The number of carbonyl (C=O) groups excluding carboxylic acids is 1. The summed E-state index contributed by atoms with van der Waals surface area (Å²) in [4.78, 5) is 11.7. The van der Waals surface area contributed by atoms with Gasteiger partial charge in [-0.25, -0.2) is 4.79 Å². The summed E-state index contributed by atoms with van der Waals surface area (Å²) in [6, 6.07) is 15.0. The molecule has 0 amide bonds. The standard InChI is InChI=1S/C22H20O4/c1-13(2)21(23)25-17-7-9-19-15(11-17)5-6-16-12-18(8-10-20(16)19)26-22(24)14(3)4/h5-12,21,23H,1,3H2,2,4H3. The van der Waals surface area contributed by atoms with Gasteiger partial charge in [0.05, 0.1) is 0 Å². The van der Waals surface area contributed by atoms with Gasteiger partial charge in [-0.2, -0.15) is 0 Å². The van der Waals surface area contributed by atoms with Gasteiger partial charge in [-0.1, -0.05) is 37.4 Å². The Kier molecular flexibility index (Phi) is 4.78. The van der Waals surface area contributed by atoms with Crippen molar-refractivity contribution in [1.29, 1.82) is 0 Å². The number of hydrogen-bond acceptors (Lipinski definition) is 4. The molecular formula is C22H20O4. The lowest BCUT2D eigenvalue weighted by molar-refractivity contribution is -0.130. The largest absolute Gasteiger partial charge is 0.461 e. The predicted octanol–water partition coefficient (Wildman–Crippen LogP) is 4.75. The van der Waals surface area contributed by atoms with Gasteiger partial charge in [0.2, 0.25) is 6.29 Å². The number of hydrogen-bond donors (Lipinski definition) is 1. The van der Waals surface area contributed by atoms with Crippen LogP contribution < -0.4 is 9.47 Å². The molecule has 132 valence electrons. The quantitative estimate of drug-likeness (QED) is 0.181. The first-order valence-electron chi connectivity index (χ1n) is 8.19. The molecule has 3 rings (SSSR count). The van der Waals surface area contributed by atoms with Gasteiger partial charge in [0.25, 0.3) is 0 Å². The molecule has 0 radical (unpaired) electrons. The molecule has 3 aromatic carbocycles. The van der Waals surface area contributed by atoms with E-state index in [4.69, 9.17) is 9.47 Å². The van der Waals surface area contributed by atoms with E-state index in [9.17, 15) is 9.90 Å². The Morgan fingerprint density at radius 2 is 1.46 bits per heavy atom. The molecule has 0 saturated carbocycles. The first-order valence-corrected chi connectivity index (χ1v) is 8.19. The maximum absolute atomic E-state index is 11.7. The van der Waals surface area contributed by atoms with Crippen molar-refractivity contribution >= 4 is 27.5 Å². The van der Waals surface area contributed by atoms with Crippen molar-refractivity contribution in [2.24, 2.45) is 0 Å². The van der Waals surface area contributed by atoms with Crippen LogP contribution in [0.15, 0.2) is 72.8 Å². The maximum Gasteiger partial charge on any atom is 0.338 e. The molecule has 1 unspecified atom stereocenters. The molecule has 0 aliphatic heterocycles. The van der Waals surface area contributed by atoms with E-state index in [0.717, 1.165) is 21.5 Å². The lowest BCUT2D eigenvalue weighted by Gasteiger charge is -2.14. The van der Waals surface area contributed by atoms with Crippen LogP contribution in [-0.4, -0.2) is 17.4 Å². The van der Waals surface area contributed by atoms with Crippen molar-refractivity contribution < 1.29 is 19.4 Å². The van der Waals surface area contributed by atoms with Gasteiger partial charge in [0.15, 0.2) is 0 Å². The van der Waals surface area contributed by atoms with Crippen molar-refractivity contribution in [3.8, 4) is 11.5 Å². The number of ether oxygens (including phenoxy) is 2. The molecule has 0 spiro atoms. The maximum atomic E-state index is 11.7. The molecule has 3 aromatic rings. The third-order valence-corrected chi connectivity index (χ3v) is 4.01. The van der Waals surface area contributed by atoms with Gasteiger partial charge in [-0.15, -0.1) is 0 Å². The minimum atomic E-state index is -1.03. The molecule has 0 saturated heterocycles. The fourth-order valence-corrected chi connectivity index (χ4v) is 2.59. The van der Waals surface area contributed by atoms with Crippen LogP contribution >= 0.6 is 0 Å². The van der Waals surface area contributed by atoms with Gasteiger partial charge < -0.3 is 14.6 Å². The van der Waals surface area contributed by atoms with E-state index in [-0.39, 0.29) is 0 Å². The summed E-state index contributed by atoms with van der Waals surface area (Å²) in [6.07, 6.45) is -1.03. The van der Waals surface area contributed by atoms with Crippen LogP contribution in [-0.2, 0) is 4.79 Å². The second-order valence-electron chi connectivity index (χ2n) is 6.32. The molecule has 4 nitrogen and oxygen atoms in total. The highest BCUT2D eigenvalue weighted by atomic mass is 16.6. The molecule has 4 heteroatoms. The number of carbonyl (C=O) groups is 1. The highest BCUT2D eigenvalue weighted by Gasteiger charge is 2.10.